The van der Waals surface area contributed by atoms with Gasteiger partial charge in [-0.15, -0.1) is 24.0 Å². The van der Waals surface area contributed by atoms with Crippen LogP contribution in [-0.4, -0.2) is 47.3 Å². The van der Waals surface area contributed by atoms with Crippen molar-refractivity contribution in [3.8, 4) is 0 Å². The fourth-order valence-corrected chi connectivity index (χ4v) is 1.95. The number of hydrogen-bond acceptors (Lipinski definition) is 3. The maximum Gasteiger partial charge on any atom is 0.239 e. The minimum Gasteiger partial charge on any atom is -0.356 e. The zero-order valence-electron chi connectivity index (χ0n) is 14.6. The molecule has 1 aromatic rings. The van der Waals surface area contributed by atoms with Gasteiger partial charge in [-0.25, -0.2) is 0 Å². The summed E-state index contributed by atoms with van der Waals surface area (Å²) in [4.78, 5) is 15.8. The van der Waals surface area contributed by atoms with Gasteiger partial charge in [-0.3, -0.25) is 14.5 Å². The Labute approximate surface area is 155 Å². The predicted octanol–water partition coefficient (Wildman–Crippen LogP) is 1.05. The third kappa shape index (κ3) is 10.1. The third-order valence-corrected chi connectivity index (χ3v) is 2.85. The van der Waals surface area contributed by atoms with E-state index < -0.39 is 0 Å². The number of hydrogen-bond donors (Lipinski definition) is 3. The molecule has 0 unspecified atom stereocenters. The quantitative estimate of drug-likeness (QED) is 0.270. The van der Waals surface area contributed by atoms with Crippen LogP contribution in [0.15, 0.2) is 17.4 Å². The average Bonchev–Trinajstić information content (AvgIpc) is 2.81. The normalized spacial score (nSPS) is 11.6. The summed E-state index contributed by atoms with van der Waals surface area (Å²) in [6, 6.07) is 0. The molecule has 0 aliphatic rings. The Morgan fingerprint density at radius 1 is 1.35 bits per heavy atom. The summed E-state index contributed by atoms with van der Waals surface area (Å²) in [5, 5.41) is 13.2. The first kappa shape index (κ1) is 21.7. The van der Waals surface area contributed by atoms with Crippen LogP contribution in [0.5, 0.6) is 0 Å². The molecule has 0 saturated heterocycles. The lowest BCUT2D eigenvalue weighted by molar-refractivity contribution is -0.121. The number of nitrogens with one attached hydrogen (secondary N) is 3. The van der Waals surface area contributed by atoms with Gasteiger partial charge in [0.1, 0.15) is 0 Å². The van der Waals surface area contributed by atoms with Crippen LogP contribution in [0.25, 0.3) is 0 Å². The lowest BCUT2D eigenvalue weighted by Gasteiger charge is -2.21. The highest BCUT2D eigenvalue weighted by Crippen LogP contribution is 1.99. The lowest BCUT2D eigenvalue weighted by Crippen LogP contribution is -2.48. The molecule has 0 spiro atoms. The molecule has 1 heterocycles. The molecule has 0 aliphatic carbocycles. The van der Waals surface area contributed by atoms with Crippen LogP contribution >= 0.6 is 24.0 Å². The van der Waals surface area contributed by atoms with Crippen molar-refractivity contribution in [3.05, 3.63) is 18.0 Å². The number of carbonyl (C=O) groups is 1. The average molecular weight is 436 g/mol. The fraction of sp³-hybridized carbons (Fsp3) is 0.667. The summed E-state index contributed by atoms with van der Waals surface area (Å²) in [6.07, 6.45) is 5.83. The molecule has 8 heteroatoms. The minimum absolute atomic E-state index is 0. The largest absolute Gasteiger partial charge is 0.356 e. The molecule has 0 aliphatic heterocycles. The zero-order valence-corrected chi connectivity index (χ0v) is 17.0. The number of aromatic nitrogens is 2. The molecule has 7 nitrogen and oxygen atoms in total. The first-order valence-corrected chi connectivity index (χ1v) is 7.53. The molecule has 0 saturated carbocycles. The zero-order chi connectivity index (χ0) is 16.6. The second kappa shape index (κ2) is 10.5. The Bertz CT molecular complexity index is 506. The Balaban J connectivity index is 0.00000484. The van der Waals surface area contributed by atoms with Crippen LogP contribution in [0.2, 0.25) is 0 Å². The standard InChI is InChI=1S/C15H28N6O.HI/c1-15(2,3)20-13(22)10-18-14(16-4)17-8-6-7-12-9-19-21(5)11-12;/h9,11H,6-8,10H2,1-5H3,(H,20,22)(H2,16,17,18);1H. The van der Waals surface area contributed by atoms with Crippen molar-refractivity contribution in [2.45, 2.75) is 39.2 Å². The predicted molar refractivity (Wildman–Crippen MR) is 104 cm³/mol. The second-order valence-electron chi connectivity index (χ2n) is 6.28. The molecule has 132 valence electrons. The first-order valence-electron chi connectivity index (χ1n) is 7.53. The highest BCUT2D eigenvalue weighted by Gasteiger charge is 2.13. The van der Waals surface area contributed by atoms with E-state index in [9.17, 15) is 4.79 Å². The van der Waals surface area contributed by atoms with Crippen molar-refractivity contribution in [2.24, 2.45) is 12.0 Å². The van der Waals surface area contributed by atoms with E-state index in [-0.39, 0.29) is 42.0 Å². The summed E-state index contributed by atoms with van der Waals surface area (Å²) in [6.45, 7) is 6.86. The van der Waals surface area contributed by atoms with Crippen LogP contribution in [-0.2, 0) is 18.3 Å². The minimum atomic E-state index is -0.223. The topological polar surface area (TPSA) is 83.3 Å². The number of nitrogens with zero attached hydrogens (tertiary/aromatic N) is 3. The summed E-state index contributed by atoms with van der Waals surface area (Å²) < 4.78 is 1.80. The van der Waals surface area contributed by atoms with E-state index in [4.69, 9.17) is 0 Å². The van der Waals surface area contributed by atoms with Gasteiger partial charge >= 0.3 is 0 Å². The van der Waals surface area contributed by atoms with Gasteiger partial charge in [0.2, 0.25) is 5.91 Å². The van der Waals surface area contributed by atoms with Crippen LogP contribution in [0.3, 0.4) is 0 Å². The molecule has 23 heavy (non-hydrogen) atoms. The van der Waals surface area contributed by atoms with Crippen molar-refractivity contribution in [2.75, 3.05) is 20.1 Å². The number of aryl methyl sites for hydroxylation is 2. The van der Waals surface area contributed by atoms with Crippen LogP contribution in [0.1, 0.15) is 32.8 Å². The summed E-state index contributed by atoms with van der Waals surface area (Å²) >= 11 is 0. The van der Waals surface area contributed by atoms with Crippen molar-refractivity contribution in [3.63, 3.8) is 0 Å². The van der Waals surface area contributed by atoms with Crippen molar-refractivity contribution in [1.29, 1.82) is 0 Å². The fourth-order valence-electron chi connectivity index (χ4n) is 1.95. The van der Waals surface area contributed by atoms with Gasteiger partial charge in [-0.2, -0.15) is 5.10 Å². The van der Waals surface area contributed by atoms with Crippen LogP contribution < -0.4 is 16.0 Å². The molecule has 1 rings (SSSR count). The van der Waals surface area contributed by atoms with Crippen molar-refractivity contribution in [1.82, 2.24) is 25.7 Å². The third-order valence-electron chi connectivity index (χ3n) is 2.85. The second-order valence-corrected chi connectivity index (χ2v) is 6.28. The van der Waals surface area contributed by atoms with Crippen LogP contribution in [0, 0.1) is 0 Å². The first-order chi connectivity index (χ1) is 10.3. The van der Waals surface area contributed by atoms with Crippen LogP contribution in [0.4, 0.5) is 0 Å². The molecule has 0 aromatic carbocycles. The lowest BCUT2D eigenvalue weighted by atomic mass is 10.1. The van der Waals surface area contributed by atoms with Gasteiger partial charge in [-0.05, 0) is 39.2 Å². The number of halogens is 1. The Kier molecular flexibility index (Phi) is 9.85. The highest BCUT2D eigenvalue weighted by atomic mass is 127. The van der Waals surface area contributed by atoms with E-state index in [2.05, 4.69) is 26.0 Å². The van der Waals surface area contributed by atoms with E-state index >= 15 is 0 Å². The number of aliphatic imine (C=N–C) groups is 1. The maximum atomic E-state index is 11.7. The number of rotatable bonds is 6. The summed E-state index contributed by atoms with van der Waals surface area (Å²) in [7, 11) is 3.61. The number of guanidine groups is 1. The smallest absolute Gasteiger partial charge is 0.239 e. The molecule has 0 fully saturated rings. The van der Waals surface area contributed by atoms with E-state index in [1.807, 2.05) is 40.2 Å². The summed E-state index contributed by atoms with van der Waals surface area (Å²) in [5.74, 6) is 0.584. The molecule has 0 atom stereocenters. The van der Waals surface area contributed by atoms with E-state index in [1.165, 1.54) is 5.56 Å². The van der Waals surface area contributed by atoms with Gasteiger partial charge in [0, 0.05) is 32.4 Å². The monoisotopic (exact) mass is 436 g/mol. The number of carbonyl (C=O) groups excluding carboxylic acids is 1. The Morgan fingerprint density at radius 2 is 2.04 bits per heavy atom. The van der Waals surface area contributed by atoms with Crippen molar-refractivity contribution < 1.29 is 4.79 Å². The van der Waals surface area contributed by atoms with Gasteiger partial charge in [0.25, 0.3) is 0 Å². The SMILES string of the molecule is CN=C(NCCCc1cnn(C)c1)NCC(=O)NC(C)(C)C.I. The molecule has 1 amide bonds. The molecule has 1 aromatic heterocycles. The molecular formula is C15H29IN6O. The molecular weight excluding hydrogens is 407 g/mol. The van der Waals surface area contributed by atoms with Gasteiger partial charge in [-0.1, -0.05) is 0 Å². The molecule has 0 bridgehead atoms. The summed E-state index contributed by atoms with van der Waals surface area (Å²) in [5.41, 5.74) is 0.996. The molecule has 3 N–H and O–H groups in total. The van der Waals surface area contributed by atoms with E-state index in [0.717, 1.165) is 19.4 Å². The number of amides is 1. The molecule has 0 radical (unpaired) electrons. The van der Waals surface area contributed by atoms with Gasteiger partial charge in [0.15, 0.2) is 5.96 Å². The highest BCUT2D eigenvalue weighted by molar-refractivity contribution is 14.0. The van der Waals surface area contributed by atoms with Gasteiger partial charge < -0.3 is 16.0 Å². The van der Waals surface area contributed by atoms with Gasteiger partial charge in [0.05, 0.1) is 12.7 Å². The Hall–Kier alpha value is -1.32. The maximum absolute atomic E-state index is 11.7. The van der Waals surface area contributed by atoms with Crippen molar-refractivity contribution >= 4 is 35.8 Å². The van der Waals surface area contributed by atoms with E-state index in [1.54, 1.807) is 11.7 Å². The Morgan fingerprint density at radius 3 is 2.57 bits per heavy atom. The van der Waals surface area contributed by atoms with E-state index in [0.29, 0.717) is 5.96 Å².